The van der Waals surface area contributed by atoms with Gasteiger partial charge in [0.05, 0.1) is 5.54 Å². The zero-order valence-electron chi connectivity index (χ0n) is 9.79. The maximum absolute atomic E-state index is 4.41. The van der Waals surface area contributed by atoms with Crippen LogP contribution in [0.25, 0.3) is 0 Å². The SMILES string of the molecule is CC1CCCC1NC(C)(C)c1nccs1. The Hall–Kier alpha value is -0.410. The Balaban J connectivity index is 2.04. The van der Waals surface area contributed by atoms with Crippen molar-refractivity contribution in [1.82, 2.24) is 10.3 Å². The van der Waals surface area contributed by atoms with Crippen molar-refractivity contribution >= 4 is 11.3 Å². The highest BCUT2D eigenvalue weighted by Gasteiger charge is 2.31. The molecule has 0 amide bonds. The highest BCUT2D eigenvalue weighted by Crippen LogP contribution is 2.30. The fourth-order valence-corrected chi connectivity index (χ4v) is 3.14. The first-order valence-corrected chi connectivity index (χ1v) is 6.65. The van der Waals surface area contributed by atoms with Gasteiger partial charge in [-0.2, -0.15) is 0 Å². The topological polar surface area (TPSA) is 24.9 Å². The van der Waals surface area contributed by atoms with Gasteiger partial charge in [0.2, 0.25) is 0 Å². The summed E-state index contributed by atoms with van der Waals surface area (Å²) in [6, 6.07) is 0.670. The fraction of sp³-hybridized carbons (Fsp3) is 0.750. The highest BCUT2D eigenvalue weighted by atomic mass is 32.1. The number of nitrogens with one attached hydrogen (secondary N) is 1. The molecule has 1 N–H and O–H groups in total. The summed E-state index contributed by atoms with van der Waals surface area (Å²) in [6.45, 7) is 6.82. The molecule has 1 fully saturated rings. The normalized spacial score (nSPS) is 27.1. The van der Waals surface area contributed by atoms with Crippen LogP contribution >= 0.6 is 11.3 Å². The van der Waals surface area contributed by atoms with E-state index in [1.807, 2.05) is 6.20 Å². The van der Waals surface area contributed by atoms with Crippen molar-refractivity contribution < 1.29 is 0 Å². The van der Waals surface area contributed by atoms with Gasteiger partial charge in [-0.1, -0.05) is 13.3 Å². The van der Waals surface area contributed by atoms with E-state index in [1.54, 1.807) is 11.3 Å². The predicted octanol–water partition coefficient (Wildman–Crippen LogP) is 3.16. The molecule has 1 saturated carbocycles. The smallest absolute Gasteiger partial charge is 0.112 e. The molecule has 0 aliphatic heterocycles. The van der Waals surface area contributed by atoms with Crippen LogP contribution in [0, 0.1) is 5.92 Å². The molecule has 84 valence electrons. The van der Waals surface area contributed by atoms with Gasteiger partial charge in [-0.3, -0.25) is 0 Å². The molecular formula is C12H20N2S. The lowest BCUT2D eigenvalue weighted by Gasteiger charge is -2.30. The average Bonchev–Trinajstić information content (AvgIpc) is 2.77. The van der Waals surface area contributed by atoms with Crippen LogP contribution in [0.1, 0.15) is 45.0 Å². The molecule has 1 aliphatic rings. The van der Waals surface area contributed by atoms with Crippen molar-refractivity contribution in [3.63, 3.8) is 0 Å². The molecule has 2 rings (SSSR count). The van der Waals surface area contributed by atoms with E-state index in [1.165, 1.54) is 24.3 Å². The van der Waals surface area contributed by atoms with Crippen LogP contribution in [0.5, 0.6) is 0 Å². The monoisotopic (exact) mass is 224 g/mol. The van der Waals surface area contributed by atoms with Gasteiger partial charge in [-0.25, -0.2) is 4.98 Å². The van der Waals surface area contributed by atoms with Crippen LogP contribution in [0.3, 0.4) is 0 Å². The van der Waals surface area contributed by atoms with Crippen LogP contribution in [0.2, 0.25) is 0 Å². The number of rotatable bonds is 3. The van der Waals surface area contributed by atoms with E-state index < -0.39 is 0 Å². The third kappa shape index (κ3) is 2.40. The van der Waals surface area contributed by atoms with E-state index in [0.717, 1.165) is 5.92 Å². The van der Waals surface area contributed by atoms with Gasteiger partial charge < -0.3 is 5.32 Å². The second-order valence-corrected chi connectivity index (χ2v) is 6.02. The maximum Gasteiger partial charge on any atom is 0.112 e. The lowest BCUT2D eigenvalue weighted by molar-refractivity contribution is 0.303. The Morgan fingerprint density at radius 3 is 2.80 bits per heavy atom. The molecule has 0 bridgehead atoms. The van der Waals surface area contributed by atoms with Crippen molar-refractivity contribution in [2.75, 3.05) is 0 Å². The summed E-state index contributed by atoms with van der Waals surface area (Å²) in [7, 11) is 0. The van der Waals surface area contributed by atoms with Crippen molar-refractivity contribution in [2.45, 2.75) is 51.6 Å². The highest BCUT2D eigenvalue weighted by molar-refractivity contribution is 7.09. The summed E-state index contributed by atoms with van der Waals surface area (Å²) >= 11 is 1.74. The second kappa shape index (κ2) is 4.22. The van der Waals surface area contributed by atoms with Crippen molar-refractivity contribution in [2.24, 2.45) is 5.92 Å². The van der Waals surface area contributed by atoms with E-state index >= 15 is 0 Å². The van der Waals surface area contributed by atoms with Crippen LogP contribution in [0.15, 0.2) is 11.6 Å². The summed E-state index contributed by atoms with van der Waals surface area (Å²) < 4.78 is 0. The quantitative estimate of drug-likeness (QED) is 0.853. The van der Waals surface area contributed by atoms with E-state index in [-0.39, 0.29) is 5.54 Å². The first-order chi connectivity index (χ1) is 7.09. The molecule has 1 heterocycles. The van der Waals surface area contributed by atoms with Gasteiger partial charge in [-0.15, -0.1) is 11.3 Å². The largest absolute Gasteiger partial charge is 0.303 e. The number of thiazole rings is 1. The predicted molar refractivity (Wildman–Crippen MR) is 65.1 cm³/mol. The number of hydrogen-bond acceptors (Lipinski definition) is 3. The number of nitrogens with zero attached hydrogens (tertiary/aromatic N) is 1. The molecule has 3 heteroatoms. The number of hydrogen-bond donors (Lipinski definition) is 1. The fourth-order valence-electron chi connectivity index (χ4n) is 2.42. The molecule has 2 unspecified atom stereocenters. The lowest BCUT2D eigenvalue weighted by Crippen LogP contribution is -2.44. The first kappa shape index (κ1) is 11.1. The second-order valence-electron chi connectivity index (χ2n) is 5.12. The van der Waals surface area contributed by atoms with Crippen LogP contribution in [-0.2, 0) is 5.54 Å². The lowest BCUT2D eigenvalue weighted by atomic mass is 10.00. The average molecular weight is 224 g/mol. The van der Waals surface area contributed by atoms with Crippen LogP contribution in [-0.4, -0.2) is 11.0 Å². The molecule has 15 heavy (non-hydrogen) atoms. The minimum atomic E-state index is 0.0252. The summed E-state index contributed by atoms with van der Waals surface area (Å²) in [4.78, 5) is 4.41. The van der Waals surface area contributed by atoms with Crippen LogP contribution < -0.4 is 5.32 Å². The standard InChI is InChI=1S/C12H20N2S/c1-9-5-4-6-10(9)14-12(2,3)11-13-7-8-15-11/h7-10,14H,4-6H2,1-3H3. The van der Waals surface area contributed by atoms with E-state index in [9.17, 15) is 0 Å². The molecule has 0 aromatic carbocycles. The van der Waals surface area contributed by atoms with Gasteiger partial charge in [0, 0.05) is 17.6 Å². The van der Waals surface area contributed by atoms with Gasteiger partial charge in [-0.05, 0) is 32.6 Å². The summed E-state index contributed by atoms with van der Waals surface area (Å²) in [5.74, 6) is 0.809. The molecule has 0 saturated heterocycles. The molecule has 2 atom stereocenters. The third-order valence-electron chi connectivity index (χ3n) is 3.37. The Morgan fingerprint density at radius 1 is 1.47 bits per heavy atom. The zero-order valence-corrected chi connectivity index (χ0v) is 10.6. The van der Waals surface area contributed by atoms with Gasteiger partial charge >= 0.3 is 0 Å². The van der Waals surface area contributed by atoms with Crippen molar-refractivity contribution in [1.29, 1.82) is 0 Å². The van der Waals surface area contributed by atoms with E-state index in [0.29, 0.717) is 6.04 Å². The Kier molecular flexibility index (Phi) is 3.12. The molecule has 1 aromatic rings. The molecule has 0 spiro atoms. The van der Waals surface area contributed by atoms with E-state index in [4.69, 9.17) is 0 Å². The molecule has 1 aromatic heterocycles. The van der Waals surface area contributed by atoms with E-state index in [2.05, 4.69) is 36.5 Å². The molecule has 0 radical (unpaired) electrons. The maximum atomic E-state index is 4.41. The molecular weight excluding hydrogens is 204 g/mol. The Labute approximate surface area is 96.1 Å². The Morgan fingerprint density at radius 2 is 2.27 bits per heavy atom. The van der Waals surface area contributed by atoms with Gasteiger partial charge in [0.25, 0.3) is 0 Å². The number of aromatic nitrogens is 1. The Bertz CT molecular complexity index is 305. The van der Waals surface area contributed by atoms with Crippen molar-refractivity contribution in [3.8, 4) is 0 Å². The van der Waals surface area contributed by atoms with Gasteiger partial charge in [0.15, 0.2) is 0 Å². The molecule has 2 nitrogen and oxygen atoms in total. The molecule has 1 aliphatic carbocycles. The summed E-state index contributed by atoms with van der Waals surface area (Å²) in [5, 5.41) is 7.00. The minimum absolute atomic E-state index is 0.0252. The van der Waals surface area contributed by atoms with Crippen LogP contribution in [0.4, 0.5) is 0 Å². The third-order valence-corrected chi connectivity index (χ3v) is 4.47. The minimum Gasteiger partial charge on any atom is -0.303 e. The first-order valence-electron chi connectivity index (χ1n) is 5.77. The van der Waals surface area contributed by atoms with Crippen molar-refractivity contribution in [3.05, 3.63) is 16.6 Å². The summed E-state index contributed by atoms with van der Waals surface area (Å²) in [6.07, 6.45) is 5.94. The van der Waals surface area contributed by atoms with Gasteiger partial charge in [0.1, 0.15) is 5.01 Å². The summed E-state index contributed by atoms with van der Waals surface area (Å²) in [5.41, 5.74) is 0.0252. The zero-order chi connectivity index (χ0) is 10.9.